The van der Waals surface area contributed by atoms with E-state index in [-0.39, 0.29) is 5.97 Å². The molecule has 70 valence electrons. The maximum Gasteiger partial charge on any atom is 0.333 e. The molecule has 0 aliphatic heterocycles. The SMILES string of the molecule is C=C(CCC)C(=O)OC.C=CCl. The molecule has 3 heteroatoms. The molecule has 0 spiro atoms. The molecule has 0 amide bonds. The number of ether oxygens (including phenoxy) is 1. The zero-order valence-corrected chi connectivity index (χ0v) is 8.36. The van der Waals surface area contributed by atoms with Crippen LogP contribution < -0.4 is 0 Å². The fraction of sp³-hybridized carbons (Fsp3) is 0.444. The molecule has 0 radical (unpaired) electrons. The van der Waals surface area contributed by atoms with Gasteiger partial charge >= 0.3 is 5.97 Å². The van der Waals surface area contributed by atoms with Gasteiger partial charge in [-0.05, 0) is 12.0 Å². The molecule has 0 aromatic carbocycles. The van der Waals surface area contributed by atoms with E-state index < -0.39 is 0 Å². The molecule has 0 bridgehead atoms. The van der Waals surface area contributed by atoms with Crippen LogP contribution in [-0.4, -0.2) is 13.1 Å². The number of methoxy groups -OCH3 is 1. The van der Waals surface area contributed by atoms with Crippen molar-refractivity contribution in [2.45, 2.75) is 19.8 Å². The van der Waals surface area contributed by atoms with Crippen LogP contribution in [0.15, 0.2) is 24.3 Å². The monoisotopic (exact) mass is 190 g/mol. The summed E-state index contributed by atoms with van der Waals surface area (Å²) in [5.41, 5.74) is 1.78. The molecule has 0 saturated carbocycles. The van der Waals surface area contributed by atoms with Crippen LogP contribution in [0.4, 0.5) is 0 Å². The third-order valence-corrected chi connectivity index (χ3v) is 1.03. The molecule has 12 heavy (non-hydrogen) atoms. The summed E-state index contributed by atoms with van der Waals surface area (Å²) in [5.74, 6) is -0.295. The molecule has 2 nitrogen and oxygen atoms in total. The Hall–Kier alpha value is -0.760. The number of hydrogen-bond donors (Lipinski definition) is 0. The Morgan fingerprint density at radius 3 is 2.33 bits per heavy atom. The van der Waals surface area contributed by atoms with E-state index in [4.69, 9.17) is 11.6 Å². The topological polar surface area (TPSA) is 26.3 Å². The molecular formula is C9H15ClO2. The van der Waals surface area contributed by atoms with Gasteiger partial charge in [-0.1, -0.05) is 38.1 Å². The first-order chi connectivity index (χ1) is 5.63. The zero-order chi connectivity index (χ0) is 9.98. The zero-order valence-electron chi connectivity index (χ0n) is 7.60. The fourth-order valence-electron chi connectivity index (χ4n) is 0.548. The van der Waals surface area contributed by atoms with Crippen molar-refractivity contribution in [2.24, 2.45) is 0 Å². The van der Waals surface area contributed by atoms with Gasteiger partial charge in [0.2, 0.25) is 0 Å². The highest BCUT2D eigenvalue weighted by atomic mass is 35.5. The van der Waals surface area contributed by atoms with Gasteiger partial charge < -0.3 is 4.74 Å². The van der Waals surface area contributed by atoms with Gasteiger partial charge in [-0.15, -0.1) is 0 Å². The third kappa shape index (κ3) is 9.24. The van der Waals surface area contributed by atoms with E-state index in [9.17, 15) is 4.79 Å². The summed E-state index contributed by atoms with van der Waals surface area (Å²) in [5, 5.41) is 0. The van der Waals surface area contributed by atoms with Gasteiger partial charge in [0.05, 0.1) is 7.11 Å². The van der Waals surface area contributed by atoms with Crippen LogP contribution in [0, 0.1) is 0 Å². The minimum absolute atomic E-state index is 0.295. The molecule has 0 aromatic heterocycles. The fourth-order valence-corrected chi connectivity index (χ4v) is 0.548. The van der Waals surface area contributed by atoms with Gasteiger partial charge in [0.1, 0.15) is 0 Å². The lowest BCUT2D eigenvalue weighted by atomic mass is 10.2. The quantitative estimate of drug-likeness (QED) is 0.505. The van der Waals surface area contributed by atoms with Crippen molar-refractivity contribution < 1.29 is 9.53 Å². The van der Waals surface area contributed by atoms with E-state index >= 15 is 0 Å². The van der Waals surface area contributed by atoms with E-state index in [1.807, 2.05) is 6.92 Å². The van der Waals surface area contributed by atoms with Crippen LogP contribution in [-0.2, 0) is 9.53 Å². The van der Waals surface area contributed by atoms with Crippen molar-refractivity contribution in [2.75, 3.05) is 7.11 Å². The molecule has 0 fully saturated rings. The lowest BCUT2D eigenvalue weighted by Gasteiger charge is -1.98. The molecule has 0 saturated heterocycles. The van der Waals surface area contributed by atoms with Crippen molar-refractivity contribution in [3.8, 4) is 0 Å². The normalized spacial score (nSPS) is 7.58. The van der Waals surface area contributed by atoms with E-state index in [1.165, 1.54) is 12.6 Å². The molecule has 0 heterocycles. The van der Waals surface area contributed by atoms with Crippen molar-refractivity contribution >= 4 is 17.6 Å². The number of halogens is 1. The van der Waals surface area contributed by atoms with E-state index in [0.29, 0.717) is 5.57 Å². The minimum atomic E-state index is -0.295. The third-order valence-electron chi connectivity index (χ3n) is 1.03. The average molecular weight is 191 g/mol. The first kappa shape index (κ1) is 13.8. The largest absolute Gasteiger partial charge is 0.466 e. The molecule has 0 atom stereocenters. The lowest BCUT2D eigenvalue weighted by Crippen LogP contribution is -2.02. The maximum atomic E-state index is 10.6. The molecule has 0 rings (SSSR count). The van der Waals surface area contributed by atoms with Crippen molar-refractivity contribution in [3.05, 3.63) is 24.3 Å². The van der Waals surface area contributed by atoms with Gasteiger partial charge in [-0.25, -0.2) is 4.79 Å². The lowest BCUT2D eigenvalue weighted by molar-refractivity contribution is -0.136. The van der Waals surface area contributed by atoms with Crippen LogP contribution in [0.25, 0.3) is 0 Å². The molecule has 0 aromatic rings. The second-order valence-electron chi connectivity index (χ2n) is 2.00. The summed E-state index contributed by atoms with van der Waals surface area (Å²) in [7, 11) is 1.36. The summed E-state index contributed by atoms with van der Waals surface area (Å²) in [6.07, 6.45) is 1.67. The average Bonchev–Trinajstić information content (AvgIpc) is 2.05. The van der Waals surface area contributed by atoms with Crippen LogP contribution in [0.5, 0.6) is 0 Å². The van der Waals surface area contributed by atoms with Crippen molar-refractivity contribution in [1.29, 1.82) is 0 Å². The Labute approximate surface area is 78.9 Å². The van der Waals surface area contributed by atoms with Crippen LogP contribution in [0.2, 0.25) is 0 Å². The maximum absolute atomic E-state index is 10.6. The minimum Gasteiger partial charge on any atom is -0.466 e. The van der Waals surface area contributed by atoms with Gasteiger partial charge in [0.15, 0.2) is 0 Å². The Balaban J connectivity index is 0. The molecule has 0 N–H and O–H groups in total. The highest BCUT2D eigenvalue weighted by Gasteiger charge is 2.02. The highest BCUT2D eigenvalue weighted by molar-refractivity contribution is 6.25. The van der Waals surface area contributed by atoms with Crippen LogP contribution >= 0.6 is 11.6 Å². The van der Waals surface area contributed by atoms with E-state index in [1.54, 1.807) is 0 Å². The summed E-state index contributed by atoms with van der Waals surface area (Å²) in [4.78, 5) is 10.6. The molecule has 0 unspecified atom stereocenters. The Morgan fingerprint density at radius 2 is 2.08 bits per heavy atom. The number of esters is 1. The van der Waals surface area contributed by atoms with Gasteiger partial charge in [0, 0.05) is 5.57 Å². The van der Waals surface area contributed by atoms with Crippen molar-refractivity contribution in [1.82, 2.24) is 0 Å². The highest BCUT2D eigenvalue weighted by Crippen LogP contribution is 2.02. The van der Waals surface area contributed by atoms with Crippen LogP contribution in [0.3, 0.4) is 0 Å². The van der Waals surface area contributed by atoms with Crippen molar-refractivity contribution in [3.63, 3.8) is 0 Å². The Morgan fingerprint density at radius 1 is 1.67 bits per heavy atom. The molecule has 0 aliphatic rings. The summed E-state index contributed by atoms with van der Waals surface area (Å²) in [6, 6.07) is 0. The summed E-state index contributed by atoms with van der Waals surface area (Å²) >= 11 is 4.76. The predicted molar refractivity (Wildman–Crippen MR) is 52.1 cm³/mol. The number of carbonyl (C=O) groups is 1. The van der Waals surface area contributed by atoms with Gasteiger partial charge in [0.25, 0.3) is 0 Å². The smallest absolute Gasteiger partial charge is 0.333 e. The number of rotatable bonds is 3. The van der Waals surface area contributed by atoms with E-state index in [2.05, 4.69) is 17.9 Å². The second-order valence-corrected chi connectivity index (χ2v) is 2.31. The first-order valence-electron chi connectivity index (χ1n) is 3.61. The van der Waals surface area contributed by atoms with E-state index in [0.717, 1.165) is 12.8 Å². The second kappa shape index (κ2) is 10.2. The summed E-state index contributed by atoms with van der Waals surface area (Å²) in [6.45, 7) is 8.66. The standard InChI is InChI=1S/C7H12O2.C2H3Cl/c1-4-5-6(2)7(8)9-3;1-2-3/h2,4-5H2,1,3H3;2H,1H2. The van der Waals surface area contributed by atoms with Gasteiger partial charge in [-0.3, -0.25) is 0 Å². The Kier molecular flexibility index (Phi) is 11.8. The number of hydrogen-bond acceptors (Lipinski definition) is 2. The first-order valence-corrected chi connectivity index (χ1v) is 4.04. The Bertz CT molecular complexity index is 153. The van der Waals surface area contributed by atoms with Gasteiger partial charge in [-0.2, -0.15) is 0 Å². The molecular weight excluding hydrogens is 176 g/mol. The summed E-state index contributed by atoms with van der Waals surface area (Å²) < 4.78 is 4.43. The number of carbonyl (C=O) groups excluding carboxylic acids is 1. The predicted octanol–water partition coefficient (Wildman–Crippen LogP) is 2.88. The molecule has 0 aliphatic carbocycles. The van der Waals surface area contributed by atoms with Crippen LogP contribution in [0.1, 0.15) is 19.8 Å².